The van der Waals surface area contributed by atoms with E-state index in [1.54, 1.807) is 12.2 Å². The van der Waals surface area contributed by atoms with Crippen LogP contribution in [0.25, 0.3) is 0 Å². The van der Waals surface area contributed by atoms with Crippen LogP contribution in [0.4, 0.5) is 0 Å². The van der Waals surface area contributed by atoms with Gasteiger partial charge in [0.15, 0.2) is 0 Å². The van der Waals surface area contributed by atoms with Gasteiger partial charge >= 0.3 is 11.9 Å². The first-order valence-corrected chi connectivity index (χ1v) is 14.2. The van der Waals surface area contributed by atoms with Gasteiger partial charge in [-0.1, -0.05) is 140 Å². The van der Waals surface area contributed by atoms with Crippen LogP contribution in [0.15, 0.2) is 60.9 Å². The average molecular weight is 503 g/mol. The molecule has 0 radical (unpaired) electrons. The summed E-state index contributed by atoms with van der Waals surface area (Å²) in [6.07, 6.45) is 39.8. The summed E-state index contributed by atoms with van der Waals surface area (Å²) < 4.78 is 4.64. The molecule has 0 amide bonds. The fourth-order valence-electron chi connectivity index (χ4n) is 3.34. The van der Waals surface area contributed by atoms with Crippen molar-refractivity contribution in [1.82, 2.24) is 0 Å². The van der Waals surface area contributed by atoms with Crippen molar-refractivity contribution in [3.05, 3.63) is 60.9 Å². The van der Waals surface area contributed by atoms with Crippen molar-refractivity contribution in [2.45, 2.75) is 130 Å². The maximum absolute atomic E-state index is 10.4. The van der Waals surface area contributed by atoms with E-state index in [4.69, 9.17) is 5.11 Å². The Morgan fingerprint density at radius 3 is 1.47 bits per heavy atom. The molecule has 0 fully saturated rings. The summed E-state index contributed by atoms with van der Waals surface area (Å²) in [6, 6.07) is 0. The molecule has 0 aliphatic carbocycles. The van der Waals surface area contributed by atoms with Crippen LogP contribution in [0, 0.1) is 0 Å². The number of rotatable bonds is 22. The molecular weight excluding hydrogens is 448 g/mol. The second-order valence-electron chi connectivity index (χ2n) is 9.03. The number of allylic oxidation sites excluding steroid dienone is 8. The number of hydrogen-bond donors (Lipinski definition) is 1. The topological polar surface area (TPSA) is 63.6 Å². The molecule has 0 saturated heterocycles. The predicted molar refractivity (Wildman–Crippen MR) is 155 cm³/mol. The van der Waals surface area contributed by atoms with Crippen molar-refractivity contribution < 1.29 is 19.4 Å². The molecular formula is C32H54O4. The Hall–Kier alpha value is -2.36. The van der Waals surface area contributed by atoms with Crippen molar-refractivity contribution >= 4 is 11.9 Å². The molecule has 1 N–H and O–H groups in total. The lowest BCUT2D eigenvalue weighted by molar-refractivity contribution is -0.136. The molecule has 0 spiro atoms. The van der Waals surface area contributed by atoms with E-state index in [2.05, 4.69) is 30.7 Å². The van der Waals surface area contributed by atoms with E-state index in [9.17, 15) is 9.59 Å². The highest BCUT2D eigenvalue weighted by molar-refractivity contribution is 5.68. The number of hydrogen-bond acceptors (Lipinski definition) is 3. The molecule has 0 rings (SSSR count). The molecule has 0 atom stereocenters. The van der Waals surface area contributed by atoms with E-state index in [0.29, 0.717) is 0 Å². The Morgan fingerprint density at radius 1 is 0.583 bits per heavy atom. The minimum Gasteiger partial charge on any atom is -0.481 e. The molecule has 0 aliphatic rings. The van der Waals surface area contributed by atoms with Gasteiger partial charge in [0, 0.05) is 6.92 Å². The predicted octanol–water partition coefficient (Wildman–Crippen LogP) is 10.0. The van der Waals surface area contributed by atoms with Crippen LogP contribution in [0.3, 0.4) is 0 Å². The summed E-state index contributed by atoms with van der Waals surface area (Å²) in [6.45, 7) is 5.87. The standard InChI is InChI=1S/C16H26O2.C16H28O2/c1-3-4-5-6-7-8-9-10-11-12-13-14-15-18-16(2)17;1-2-3-4-5-6-7-8-9-10-11-12-13-14-15-16(17)18/h10-15H,3-9H2,1-2H3;11-14H,2-10,15H2,1H3,(H,17,18)/b11-10+,13-12+,15-14+;12-11+,14-13+. The monoisotopic (exact) mass is 502 g/mol. The number of carboxylic acids is 1. The van der Waals surface area contributed by atoms with Crippen LogP contribution in [-0.2, 0) is 14.3 Å². The molecule has 0 unspecified atom stereocenters. The number of carboxylic acid groups (broad SMARTS) is 1. The number of aliphatic carboxylic acids is 1. The van der Waals surface area contributed by atoms with Crippen molar-refractivity contribution in [3.8, 4) is 0 Å². The minimum atomic E-state index is -0.775. The largest absolute Gasteiger partial charge is 0.481 e. The first-order valence-electron chi connectivity index (χ1n) is 14.2. The lowest BCUT2D eigenvalue weighted by Crippen LogP contribution is -1.89. The zero-order valence-electron chi connectivity index (χ0n) is 23.5. The normalized spacial score (nSPS) is 11.8. The van der Waals surface area contributed by atoms with Gasteiger partial charge in [0.2, 0.25) is 0 Å². The Balaban J connectivity index is 0. The Kier molecular flexibility index (Phi) is 32.5. The third-order valence-corrected chi connectivity index (χ3v) is 5.41. The highest BCUT2D eigenvalue weighted by Gasteiger charge is 1.90. The molecule has 0 aromatic heterocycles. The quantitative estimate of drug-likeness (QED) is 0.0692. The van der Waals surface area contributed by atoms with Crippen LogP contribution >= 0.6 is 0 Å². The molecule has 0 aromatic carbocycles. The first-order chi connectivity index (χ1) is 17.5. The molecule has 0 aromatic rings. The summed E-state index contributed by atoms with van der Waals surface area (Å²) in [7, 11) is 0. The fraction of sp³-hybridized carbons (Fsp3) is 0.625. The molecule has 4 nitrogen and oxygen atoms in total. The van der Waals surface area contributed by atoms with Crippen molar-refractivity contribution in [2.75, 3.05) is 0 Å². The molecule has 0 saturated carbocycles. The van der Waals surface area contributed by atoms with Gasteiger partial charge in [-0.3, -0.25) is 9.59 Å². The van der Waals surface area contributed by atoms with E-state index in [0.717, 1.165) is 12.8 Å². The van der Waals surface area contributed by atoms with Gasteiger partial charge in [0.05, 0.1) is 12.7 Å². The fourth-order valence-corrected chi connectivity index (χ4v) is 3.34. The van der Waals surface area contributed by atoms with E-state index in [1.807, 2.05) is 30.4 Å². The van der Waals surface area contributed by atoms with E-state index in [1.165, 1.54) is 103 Å². The summed E-state index contributed by atoms with van der Waals surface area (Å²) in [5.41, 5.74) is 0. The molecule has 4 heteroatoms. The maximum Gasteiger partial charge on any atom is 0.307 e. The molecule has 0 aliphatic heterocycles. The van der Waals surface area contributed by atoms with Gasteiger partial charge in [0.1, 0.15) is 0 Å². The molecule has 0 heterocycles. The summed E-state index contributed by atoms with van der Waals surface area (Å²) in [5, 5.41) is 8.42. The van der Waals surface area contributed by atoms with Crippen molar-refractivity contribution in [3.63, 3.8) is 0 Å². The number of ether oxygens (including phenoxy) is 1. The Bertz CT molecular complexity index is 626. The second-order valence-corrected chi connectivity index (χ2v) is 9.03. The maximum atomic E-state index is 10.4. The minimum absolute atomic E-state index is 0.113. The number of esters is 1. The Labute approximate surface area is 222 Å². The third kappa shape index (κ3) is 38.9. The van der Waals surface area contributed by atoms with Gasteiger partial charge in [-0.2, -0.15) is 0 Å². The van der Waals surface area contributed by atoms with Crippen LogP contribution in [0.1, 0.15) is 130 Å². The lowest BCUT2D eigenvalue weighted by atomic mass is 10.1. The van der Waals surface area contributed by atoms with Crippen LogP contribution in [0.5, 0.6) is 0 Å². The number of carbonyl (C=O) groups is 2. The lowest BCUT2D eigenvalue weighted by Gasteiger charge is -1.99. The van der Waals surface area contributed by atoms with Gasteiger partial charge in [-0.05, 0) is 31.8 Å². The van der Waals surface area contributed by atoms with E-state index < -0.39 is 5.97 Å². The van der Waals surface area contributed by atoms with Crippen LogP contribution < -0.4 is 0 Å². The first kappa shape index (κ1) is 35.8. The van der Waals surface area contributed by atoms with Gasteiger partial charge < -0.3 is 9.84 Å². The van der Waals surface area contributed by atoms with Crippen molar-refractivity contribution in [2.24, 2.45) is 0 Å². The number of carbonyl (C=O) groups excluding carboxylic acids is 1. The SMILES string of the molecule is CCCCCCCC/C=C/C=C/C=C/OC(C)=O.CCCCCCCCCC/C=C/C=C/CC(=O)O. The zero-order valence-corrected chi connectivity index (χ0v) is 23.5. The van der Waals surface area contributed by atoms with Gasteiger partial charge in [-0.15, -0.1) is 0 Å². The Morgan fingerprint density at radius 2 is 1.00 bits per heavy atom. The number of unbranched alkanes of at least 4 members (excludes halogenated alkanes) is 14. The van der Waals surface area contributed by atoms with Crippen LogP contribution in [-0.4, -0.2) is 17.0 Å². The summed E-state index contributed by atoms with van der Waals surface area (Å²) in [4.78, 5) is 20.7. The van der Waals surface area contributed by atoms with Gasteiger partial charge in [0.25, 0.3) is 0 Å². The third-order valence-electron chi connectivity index (χ3n) is 5.41. The summed E-state index contributed by atoms with van der Waals surface area (Å²) in [5.74, 6) is -1.07. The second kappa shape index (κ2) is 32.6. The highest BCUT2D eigenvalue weighted by Crippen LogP contribution is 2.10. The zero-order chi connectivity index (χ0) is 27.0. The van der Waals surface area contributed by atoms with E-state index in [-0.39, 0.29) is 12.4 Å². The smallest absolute Gasteiger partial charge is 0.307 e. The highest BCUT2D eigenvalue weighted by atomic mass is 16.5. The average Bonchev–Trinajstić information content (AvgIpc) is 2.85. The van der Waals surface area contributed by atoms with Gasteiger partial charge in [-0.25, -0.2) is 0 Å². The summed E-state index contributed by atoms with van der Waals surface area (Å²) >= 11 is 0. The van der Waals surface area contributed by atoms with Crippen LogP contribution in [0.2, 0.25) is 0 Å². The van der Waals surface area contributed by atoms with E-state index >= 15 is 0 Å². The molecule has 206 valence electrons. The molecule has 36 heavy (non-hydrogen) atoms. The van der Waals surface area contributed by atoms with Crippen molar-refractivity contribution in [1.29, 1.82) is 0 Å². The molecule has 0 bridgehead atoms.